The molecule has 3 heterocycles. The minimum Gasteiger partial charge on any atom is -0.497 e. The van der Waals surface area contributed by atoms with Crippen LogP contribution in [-0.4, -0.2) is 64.9 Å². The summed E-state index contributed by atoms with van der Waals surface area (Å²) in [6.45, 7) is 3.18. The minimum atomic E-state index is -3.55. The number of anilines is 2. The molecule has 3 aromatic rings. The molecule has 0 radical (unpaired) electrons. The molecule has 0 saturated carbocycles. The number of nitrogens with one attached hydrogen (secondary N) is 1. The monoisotopic (exact) mass is 511 g/mol. The first kappa shape index (κ1) is 24.3. The molecule has 2 aliphatic heterocycles. The SMILES string of the molecule is COc1ccc(N2C(c3cccc(NS(=O)(=O)CCN4CCOCC4)c3)=Nc3occc3C2N)cc1. The van der Waals surface area contributed by atoms with Gasteiger partial charge in [-0.05, 0) is 42.5 Å². The van der Waals surface area contributed by atoms with Gasteiger partial charge in [-0.15, -0.1) is 0 Å². The van der Waals surface area contributed by atoms with Crippen LogP contribution in [0, 0.1) is 0 Å². The molecule has 1 fully saturated rings. The van der Waals surface area contributed by atoms with Gasteiger partial charge in [0, 0.05) is 36.6 Å². The Balaban J connectivity index is 1.41. The second-order valence-electron chi connectivity index (χ2n) is 8.59. The van der Waals surface area contributed by atoms with Gasteiger partial charge in [-0.1, -0.05) is 12.1 Å². The molecule has 2 aromatic carbocycles. The number of hydrogen-bond acceptors (Lipinski definition) is 9. The summed E-state index contributed by atoms with van der Waals surface area (Å²) in [4.78, 5) is 8.71. The number of fused-ring (bicyclic) bond motifs is 1. The average molecular weight is 512 g/mol. The van der Waals surface area contributed by atoms with Crippen LogP contribution in [0.3, 0.4) is 0 Å². The number of aliphatic imine (C=N–C) groups is 1. The summed E-state index contributed by atoms with van der Waals surface area (Å²) in [7, 11) is -1.94. The molecule has 1 unspecified atom stereocenters. The van der Waals surface area contributed by atoms with Gasteiger partial charge in [-0.3, -0.25) is 9.62 Å². The molecular weight excluding hydrogens is 482 g/mol. The summed E-state index contributed by atoms with van der Waals surface area (Å²) in [6.07, 6.45) is 1.01. The number of nitrogens with two attached hydrogens (primary N) is 1. The van der Waals surface area contributed by atoms with Crippen LogP contribution in [0.1, 0.15) is 17.3 Å². The number of morpholine rings is 1. The number of sulfonamides is 1. The predicted molar refractivity (Wildman–Crippen MR) is 138 cm³/mol. The van der Waals surface area contributed by atoms with E-state index >= 15 is 0 Å². The van der Waals surface area contributed by atoms with Gasteiger partial charge in [0.1, 0.15) is 17.8 Å². The topological polar surface area (TPSA) is 123 Å². The first-order valence-electron chi connectivity index (χ1n) is 11.7. The summed E-state index contributed by atoms with van der Waals surface area (Å²) < 4.78 is 44.5. The zero-order valence-electron chi connectivity index (χ0n) is 20.0. The Morgan fingerprint density at radius 2 is 1.92 bits per heavy atom. The Hall–Kier alpha value is -3.38. The predicted octanol–water partition coefficient (Wildman–Crippen LogP) is 2.92. The van der Waals surface area contributed by atoms with Crippen molar-refractivity contribution < 1.29 is 22.3 Å². The molecule has 36 heavy (non-hydrogen) atoms. The van der Waals surface area contributed by atoms with E-state index < -0.39 is 16.2 Å². The first-order valence-corrected chi connectivity index (χ1v) is 13.3. The molecule has 10 nitrogen and oxygen atoms in total. The zero-order chi connectivity index (χ0) is 25.1. The summed E-state index contributed by atoms with van der Waals surface area (Å²) in [5.74, 6) is 1.69. The molecule has 0 aliphatic carbocycles. The van der Waals surface area contributed by atoms with Gasteiger partial charge in [0.2, 0.25) is 15.9 Å². The van der Waals surface area contributed by atoms with Crippen LogP contribution in [0.5, 0.6) is 5.75 Å². The second kappa shape index (κ2) is 10.3. The van der Waals surface area contributed by atoms with Gasteiger partial charge >= 0.3 is 0 Å². The first-order chi connectivity index (χ1) is 17.4. The Kier molecular flexibility index (Phi) is 6.97. The molecule has 1 saturated heterocycles. The van der Waals surface area contributed by atoms with Crippen molar-refractivity contribution in [3.05, 3.63) is 72.0 Å². The molecule has 0 spiro atoms. The molecule has 3 N–H and O–H groups in total. The Labute approximate surface area is 210 Å². The van der Waals surface area contributed by atoms with Crippen LogP contribution in [-0.2, 0) is 14.8 Å². The van der Waals surface area contributed by atoms with Crippen molar-refractivity contribution in [2.75, 3.05) is 55.3 Å². The van der Waals surface area contributed by atoms with Gasteiger partial charge in [-0.2, -0.15) is 4.99 Å². The summed E-state index contributed by atoms with van der Waals surface area (Å²) in [5, 5.41) is 0. The van der Waals surface area contributed by atoms with E-state index in [1.165, 1.54) is 0 Å². The Morgan fingerprint density at radius 1 is 1.14 bits per heavy atom. The van der Waals surface area contributed by atoms with Crippen molar-refractivity contribution in [3.8, 4) is 5.75 Å². The highest BCUT2D eigenvalue weighted by molar-refractivity contribution is 7.92. The molecule has 0 amide bonds. The number of ether oxygens (including phenoxy) is 2. The molecule has 0 bridgehead atoms. The lowest BCUT2D eigenvalue weighted by atomic mass is 10.1. The lowest BCUT2D eigenvalue weighted by Gasteiger charge is -2.34. The maximum Gasteiger partial charge on any atom is 0.233 e. The summed E-state index contributed by atoms with van der Waals surface area (Å²) in [6, 6.07) is 16.4. The molecule has 5 rings (SSSR count). The third kappa shape index (κ3) is 5.24. The van der Waals surface area contributed by atoms with Crippen LogP contribution < -0.4 is 20.1 Å². The Morgan fingerprint density at radius 3 is 2.67 bits per heavy atom. The fourth-order valence-corrected chi connectivity index (χ4v) is 5.39. The number of benzene rings is 2. The van der Waals surface area contributed by atoms with Crippen LogP contribution in [0.25, 0.3) is 0 Å². The van der Waals surface area contributed by atoms with Gasteiger partial charge in [0.25, 0.3) is 0 Å². The van der Waals surface area contributed by atoms with E-state index in [0.717, 1.165) is 30.1 Å². The minimum absolute atomic E-state index is 0.00320. The summed E-state index contributed by atoms with van der Waals surface area (Å²) in [5.41, 5.74) is 9.35. The van der Waals surface area contributed by atoms with Crippen molar-refractivity contribution in [3.63, 3.8) is 0 Å². The fraction of sp³-hybridized carbons (Fsp3) is 0.320. The van der Waals surface area contributed by atoms with E-state index in [-0.39, 0.29) is 5.75 Å². The molecule has 1 atom stereocenters. The van der Waals surface area contributed by atoms with E-state index in [1.54, 1.807) is 37.6 Å². The average Bonchev–Trinajstić information content (AvgIpc) is 3.37. The zero-order valence-corrected chi connectivity index (χ0v) is 20.8. The summed E-state index contributed by atoms with van der Waals surface area (Å²) >= 11 is 0. The standard InChI is InChI=1S/C25H29N5O5S/c1-33-21-7-5-20(6-8-21)30-23(26)22-9-13-35-25(22)27-24(30)18-3-2-4-19(17-18)28-36(31,32)16-12-29-10-14-34-15-11-29/h2-9,13,17,23,28H,10-12,14-16,26H2,1H3. The van der Waals surface area contributed by atoms with Crippen molar-refractivity contribution >= 4 is 33.1 Å². The lowest BCUT2D eigenvalue weighted by molar-refractivity contribution is 0.0408. The van der Waals surface area contributed by atoms with Crippen molar-refractivity contribution in [1.82, 2.24) is 4.90 Å². The van der Waals surface area contributed by atoms with Gasteiger partial charge in [0.15, 0.2) is 0 Å². The highest BCUT2D eigenvalue weighted by Crippen LogP contribution is 2.38. The maximum absolute atomic E-state index is 12.8. The maximum atomic E-state index is 12.8. The highest BCUT2D eigenvalue weighted by Gasteiger charge is 2.31. The van der Waals surface area contributed by atoms with E-state index in [9.17, 15) is 8.42 Å². The lowest BCUT2D eigenvalue weighted by Crippen LogP contribution is -2.42. The van der Waals surface area contributed by atoms with Crippen molar-refractivity contribution in [1.29, 1.82) is 0 Å². The van der Waals surface area contributed by atoms with E-state index in [4.69, 9.17) is 24.6 Å². The number of methoxy groups -OCH3 is 1. The van der Waals surface area contributed by atoms with E-state index in [2.05, 4.69) is 9.62 Å². The van der Waals surface area contributed by atoms with Gasteiger partial charge < -0.3 is 24.5 Å². The molecule has 1 aromatic heterocycles. The number of hydrogen-bond donors (Lipinski definition) is 2. The van der Waals surface area contributed by atoms with Gasteiger partial charge in [-0.25, -0.2) is 8.42 Å². The third-order valence-electron chi connectivity index (χ3n) is 6.23. The highest BCUT2D eigenvalue weighted by atomic mass is 32.2. The number of furan rings is 1. The Bertz CT molecular complexity index is 1330. The molecule has 2 aliphatic rings. The molecular formula is C25H29N5O5S. The number of rotatable bonds is 8. The number of amidine groups is 1. The molecule has 11 heteroatoms. The molecule has 190 valence electrons. The fourth-order valence-electron chi connectivity index (χ4n) is 4.30. The van der Waals surface area contributed by atoms with Crippen LogP contribution in [0.15, 0.2) is 70.3 Å². The normalized spacial score (nSPS) is 18.4. The van der Waals surface area contributed by atoms with Crippen LogP contribution in [0.2, 0.25) is 0 Å². The van der Waals surface area contributed by atoms with Crippen molar-refractivity contribution in [2.45, 2.75) is 6.17 Å². The smallest absolute Gasteiger partial charge is 0.233 e. The van der Waals surface area contributed by atoms with Gasteiger partial charge in [0.05, 0.1) is 37.9 Å². The number of nitrogens with zero attached hydrogens (tertiary/aromatic N) is 3. The van der Waals surface area contributed by atoms with Crippen LogP contribution >= 0.6 is 0 Å². The van der Waals surface area contributed by atoms with E-state index in [1.807, 2.05) is 35.2 Å². The largest absolute Gasteiger partial charge is 0.497 e. The van der Waals surface area contributed by atoms with E-state index in [0.29, 0.717) is 42.7 Å². The quantitative estimate of drug-likeness (QED) is 0.473. The third-order valence-corrected chi connectivity index (χ3v) is 7.50. The van der Waals surface area contributed by atoms with Crippen LogP contribution in [0.4, 0.5) is 17.3 Å². The second-order valence-corrected chi connectivity index (χ2v) is 10.4. The van der Waals surface area contributed by atoms with Crippen molar-refractivity contribution in [2.24, 2.45) is 10.7 Å².